The standard InChI is InChI=1S/C18H20N4O3/c1-19-17-10-20-9-13(21-17)14-3-2-6-22(14)18(23)8-12-4-5-15-16(7-12)25-11-24-15/h4-5,7,9-10,14H,2-3,6,8,11H2,1H3,(H,19,21)/t14-/m1/s1. The van der Waals surface area contributed by atoms with Crippen LogP contribution in [-0.4, -0.2) is 41.2 Å². The molecule has 1 amide bonds. The van der Waals surface area contributed by atoms with Gasteiger partial charge in [-0.1, -0.05) is 6.07 Å². The van der Waals surface area contributed by atoms with Gasteiger partial charge < -0.3 is 19.7 Å². The molecule has 0 bridgehead atoms. The van der Waals surface area contributed by atoms with Crippen LogP contribution in [-0.2, 0) is 11.2 Å². The second kappa shape index (κ2) is 6.58. The van der Waals surface area contributed by atoms with Crippen molar-refractivity contribution in [3.05, 3.63) is 41.9 Å². The summed E-state index contributed by atoms with van der Waals surface area (Å²) in [6, 6.07) is 5.64. The van der Waals surface area contributed by atoms with Gasteiger partial charge in [0.05, 0.1) is 30.6 Å². The minimum atomic E-state index is -0.0117. The predicted molar refractivity (Wildman–Crippen MR) is 91.5 cm³/mol. The van der Waals surface area contributed by atoms with Crippen molar-refractivity contribution in [2.75, 3.05) is 25.7 Å². The third-order valence-electron chi connectivity index (χ3n) is 4.62. The smallest absolute Gasteiger partial charge is 0.231 e. The molecule has 0 saturated carbocycles. The Morgan fingerprint density at radius 2 is 2.20 bits per heavy atom. The molecule has 2 aliphatic rings. The maximum absolute atomic E-state index is 12.8. The average Bonchev–Trinajstić information content (AvgIpc) is 3.30. The fourth-order valence-electron chi connectivity index (χ4n) is 3.36. The van der Waals surface area contributed by atoms with Crippen LogP contribution in [0.3, 0.4) is 0 Å². The van der Waals surface area contributed by atoms with Crippen molar-refractivity contribution < 1.29 is 14.3 Å². The van der Waals surface area contributed by atoms with Crippen LogP contribution >= 0.6 is 0 Å². The summed E-state index contributed by atoms with van der Waals surface area (Å²) in [6.45, 7) is 0.987. The van der Waals surface area contributed by atoms with E-state index in [1.807, 2.05) is 30.1 Å². The van der Waals surface area contributed by atoms with Gasteiger partial charge in [-0.05, 0) is 30.5 Å². The van der Waals surface area contributed by atoms with Gasteiger partial charge in [0, 0.05) is 13.6 Å². The highest BCUT2D eigenvalue weighted by molar-refractivity contribution is 5.79. The lowest BCUT2D eigenvalue weighted by Crippen LogP contribution is -2.32. The van der Waals surface area contributed by atoms with Crippen LogP contribution < -0.4 is 14.8 Å². The van der Waals surface area contributed by atoms with E-state index in [2.05, 4.69) is 15.3 Å². The van der Waals surface area contributed by atoms with E-state index in [-0.39, 0.29) is 18.7 Å². The first-order chi connectivity index (χ1) is 12.2. The molecule has 0 unspecified atom stereocenters. The number of nitrogens with one attached hydrogen (secondary N) is 1. The Hall–Kier alpha value is -2.83. The van der Waals surface area contributed by atoms with E-state index < -0.39 is 0 Å². The Bertz CT molecular complexity index is 796. The molecule has 0 aliphatic carbocycles. The predicted octanol–water partition coefficient (Wildman–Crippen LogP) is 2.15. The molecule has 1 aromatic carbocycles. The van der Waals surface area contributed by atoms with Crippen LogP contribution in [0.4, 0.5) is 5.82 Å². The molecular weight excluding hydrogens is 320 g/mol. The molecule has 4 rings (SSSR count). The first-order valence-corrected chi connectivity index (χ1v) is 8.42. The maximum atomic E-state index is 12.8. The lowest BCUT2D eigenvalue weighted by molar-refractivity contribution is -0.131. The van der Waals surface area contributed by atoms with Gasteiger partial charge in [-0.2, -0.15) is 0 Å². The van der Waals surface area contributed by atoms with E-state index in [0.717, 1.165) is 36.4 Å². The molecule has 7 heteroatoms. The maximum Gasteiger partial charge on any atom is 0.231 e. The van der Waals surface area contributed by atoms with E-state index in [9.17, 15) is 4.79 Å². The molecule has 1 aromatic heterocycles. The molecule has 25 heavy (non-hydrogen) atoms. The SMILES string of the molecule is CNc1cncc([C@H]2CCCN2C(=O)Cc2ccc3c(c2)OCO3)n1. The molecule has 7 nitrogen and oxygen atoms in total. The van der Waals surface area contributed by atoms with Gasteiger partial charge in [0.1, 0.15) is 5.82 Å². The minimum Gasteiger partial charge on any atom is -0.454 e. The molecule has 0 radical (unpaired) electrons. The zero-order chi connectivity index (χ0) is 17.2. The van der Waals surface area contributed by atoms with Gasteiger partial charge in [0.25, 0.3) is 0 Å². The quantitative estimate of drug-likeness (QED) is 0.919. The summed E-state index contributed by atoms with van der Waals surface area (Å²) in [5, 5.41) is 3.00. The molecule has 130 valence electrons. The van der Waals surface area contributed by atoms with Crippen LogP contribution in [0.2, 0.25) is 0 Å². The van der Waals surface area contributed by atoms with Gasteiger partial charge in [-0.15, -0.1) is 0 Å². The summed E-state index contributed by atoms with van der Waals surface area (Å²) >= 11 is 0. The molecule has 0 spiro atoms. The number of fused-ring (bicyclic) bond motifs is 1. The van der Waals surface area contributed by atoms with E-state index in [4.69, 9.17) is 9.47 Å². The summed E-state index contributed by atoms with van der Waals surface area (Å²) in [5.41, 5.74) is 1.76. The van der Waals surface area contributed by atoms with Gasteiger partial charge in [-0.25, -0.2) is 4.98 Å². The molecule has 2 aliphatic heterocycles. The second-order valence-electron chi connectivity index (χ2n) is 6.19. The zero-order valence-corrected chi connectivity index (χ0v) is 14.1. The minimum absolute atomic E-state index is 0.0117. The highest BCUT2D eigenvalue weighted by atomic mass is 16.7. The number of hydrogen-bond acceptors (Lipinski definition) is 6. The highest BCUT2D eigenvalue weighted by Crippen LogP contribution is 2.34. The summed E-state index contributed by atoms with van der Waals surface area (Å²) in [4.78, 5) is 23.5. The summed E-state index contributed by atoms with van der Waals surface area (Å²) in [5.74, 6) is 2.25. The van der Waals surface area contributed by atoms with Gasteiger partial charge >= 0.3 is 0 Å². The fourth-order valence-corrected chi connectivity index (χ4v) is 3.36. The summed E-state index contributed by atoms with van der Waals surface area (Å²) in [6.07, 6.45) is 5.65. The van der Waals surface area contributed by atoms with E-state index in [1.165, 1.54) is 0 Å². The summed E-state index contributed by atoms with van der Waals surface area (Å²) in [7, 11) is 1.81. The van der Waals surface area contributed by atoms with Crippen molar-refractivity contribution in [3.63, 3.8) is 0 Å². The Morgan fingerprint density at radius 1 is 1.32 bits per heavy atom. The monoisotopic (exact) mass is 340 g/mol. The number of aromatic nitrogens is 2. The molecule has 1 fully saturated rings. The number of anilines is 1. The topological polar surface area (TPSA) is 76.6 Å². The van der Waals surface area contributed by atoms with Crippen molar-refractivity contribution >= 4 is 11.7 Å². The van der Waals surface area contributed by atoms with Crippen LogP contribution in [0.1, 0.15) is 30.1 Å². The van der Waals surface area contributed by atoms with Gasteiger partial charge in [0.2, 0.25) is 12.7 Å². The Labute approximate surface area is 146 Å². The second-order valence-corrected chi connectivity index (χ2v) is 6.19. The van der Waals surface area contributed by atoms with Crippen molar-refractivity contribution in [2.24, 2.45) is 0 Å². The van der Waals surface area contributed by atoms with Crippen molar-refractivity contribution in [2.45, 2.75) is 25.3 Å². The number of rotatable bonds is 4. The number of nitrogens with zero attached hydrogens (tertiary/aromatic N) is 3. The number of carbonyl (C=O) groups excluding carboxylic acids is 1. The molecule has 1 atom stereocenters. The number of benzene rings is 1. The van der Waals surface area contributed by atoms with Crippen molar-refractivity contribution in [1.82, 2.24) is 14.9 Å². The number of amides is 1. The average molecular weight is 340 g/mol. The largest absolute Gasteiger partial charge is 0.454 e. The van der Waals surface area contributed by atoms with Crippen LogP contribution in [0.5, 0.6) is 11.5 Å². The lowest BCUT2D eigenvalue weighted by Gasteiger charge is -2.24. The van der Waals surface area contributed by atoms with Gasteiger partial charge in [0.15, 0.2) is 11.5 Å². The first kappa shape index (κ1) is 15.7. The summed E-state index contributed by atoms with van der Waals surface area (Å²) < 4.78 is 10.7. The molecule has 1 N–H and O–H groups in total. The first-order valence-electron chi connectivity index (χ1n) is 8.42. The van der Waals surface area contributed by atoms with Gasteiger partial charge in [-0.3, -0.25) is 9.78 Å². The van der Waals surface area contributed by atoms with Crippen LogP contribution in [0.25, 0.3) is 0 Å². The third-order valence-corrected chi connectivity index (χ3v) is 4.62. The van der Waals surface area contributed by atoms with Crippen LogP contribution in [0.15, 0.2) is 30.6 Å². The molecule has 2 aromatic rings. The van der Waals surface area contributed by atoms with E-state index in [1.54, 1.807) is 12.4 Å². The Kier molecular flexibility index (Phi) is 4.13. The third kappa shape index (κ3) is 3.09. The number of carbonyl (C=O) groups is 1. The Morgan fingerprint density at radius 3 is 3.08 bits per heavy atom. The highest BCUT2D eigenvalue weighted by Gasteiger charge is 2.31. The van der Waals surface area contributed by atoms with Crippen molar-refractivity contribution in [1.29, 1.82) is 0 Å². The van der Waals surface area contributed by atoms with E-state index in [0.29, 0.717) is 18.0 Å². The molecule has 3 heterocycles. The fraction of sp³-hybridized carbons (Fsp3) is 0.389. The number of likely N-dealkylation sites (tertiary alicyclic amines) is 1. The molecule has 1 saturated heterocycles. The zero-order valence-electron chi connectivity index (χ0n) is 14.1. The van der Waals surface area contributed by atoms with Crippen LogP contribution in [0, 0.1) is 0 Å². The van der Waals surface area contributed by atoms with E-state index >= 15 is 0 Å². The number of ether oxygens (including phenoxy) is 2. The Balaban J connectivity index is 1.50. The lowest BCUT2D eigenvalue weighted by atomic mass is 10.1. The molecular formula is C18H20N4O3. The van der Waals surface area contributed by atoms with Crippen molar-refractivity contribution in [3.8, 4) is 11.5 Å². The number of hydrogen-bond donors (Lipinski definition) is 1. The normalized spacial score (nSPS) is 18.4.